The number of aryl methyl sites for hydroxylation is 1. The van der Waals surface area contributed by atoms with E-state index in [1.54, 1.807) is 23.1 Å². The fourth-order valence-electron chi connectivity index (χ4n) is 1.58. The van der Waals surface area contributed by atoms with Gasteiger partial charge in [0.25, 0.3) is 5.69 Å². The van der Waals surface area contributed by atoms with Crippen molar-refractivity contribution < 1.29 is 9.66 Å². The van der Waals surface area contributed by atoms with Crippen molar-refractivity contribution in [2.24, 2.45) is 0 Å². The van der Waals surface area contributed by atoms with Crippen LogP contribution in [0.5, 0.6) is 11.5 Å². The molecule has 0 radical (unpaired) electrons. The summed E-state index contributed by atoms with van der Waals surface area (Å²) >= 11 is 5.78. The van der Waals surface area contributed by atoms with Crippen molar-refractivity contribution >= 4 is 17.3 Å². The van der Waals surface area contributed by atoms with Crippen LogP contribution in [0.1, 0.15) is 12.5 Å². The predicted octanol–water partition coefficient (Wildman–Crippen LogP) is 3.34. The highest BCUT2D eigenvalue weighted by atomic mass is 35.5. The molecule has 0 spiro atoms. The number of benzene rings is 1. The number of non-ortho nitro benzene ring substituents is 1. The third kappa shape index (κ3) is 3.03. The first kappa shape index (κ1) is 13.4. The Labute approximate surface area is 114 Å². The molecule has 19 heavy (non-hydrogen) atoms. The lowest BCUT2D eigenvalue weighted by molar-refractivity contribution is -0.384. The Balaban J connectivity index is 2.26. The maximum Gasteiger partial charge on any atom is 0.270 e. The lowest BCUT2D eigenvalue weighted by Crippen LogP contribution is -1.94. The highest BCUT2D eigenvalue weighted by Crippen LogP contribution is 2.29. The lowest BCUT2D eigenvalue weighted by Gasteiger charge is -2.07. The van der Waals surface area contributed by atoms with E-state index in [2.05, 4.69) is 5.10 Å². The quantitative estimate of drug-likeness (QED) is 0.479. The summed E-state index contributed by atoms with van der Waals surface area (Å²) in [6, 6.07) is 4.33. The summed E-state index contributed by atoms with van der Waals surface area (Å²) in [6.45, 7) is 2.71. The fraction of sp³-hybridized carbons (Fsp3) is 0.250. The third-order valence-electron chi connectivity index (χ3n) is 2.56. The first-order valence-corrected chi connectivity index (χ1v) is 6.21. The van der Waals surface area contributed by atoms with Gasteiger partial charge in [0, 0.05) is 24.2 Å². The summed E-state index contributed by atoms with van der Waals surface area (Å²) in [5.74, 6) is 1.21. The molecular formula is C12H12ClN3O3. The van der Waals surface area contributed by atoms with E-state index >= 15 is 0 Å². The summed E-state index contributed by atoms with van der Waals surface area (Å²) in [4.78, 5) is 10.2. The van der Waals surface area contributed by atoms with Gasteiger partial charge in [0.1, 0.15) is 5.75 Å². The van der Waals surface area contributed by atoms with Crippen LogP contribution in [0.2, 0.25) is 0 Å². The third-order valence-corrected chi connectivity index (χ3v) is 2.85. The monoisotopic (exact) mass is 281 g/mol. The molecule has 100 valence electrons. The zero-order valence-electron chi connectivity index (χ0n) is 10.2. The Morgan fingerprint density at radius 2 is 2.32 bits per heavy atom. The van der Waals surface area contributed by atoms with Crippen LogP contribution in [-0.4, -0.2) is 14.7 Å². The van der Waals surface area contributed by atoms with Crippen LogP contribution in [0.15, 0.2) is 30.6 Å². The summed E-state index contributed by atoms with van der Waals surface area (Å²) in [6.07, 6.45) is 3.34. The van der Waals surface area contributed by atoms with Crippen LogP contribution in [0.25, 0.3) is 0 Å². The second kappa shape index (κ2) is 5.71. The number of rotatable bonds is 5. The van der Waals surface area contributed by atoms with Gasteiger partial charge in [0.2, 0.25) is 0 Å². The largest absolute Gasteiger partial charge is 0.454 e. The number of ether oxygens (including phenoxy) is 1. The molecule has 2 aromatic rings. The van der Waals surface area contributed by atoms with Crippen LogP contribution < -0.4 is 4.74 Å². The smallest absolute Gasteiger partial charge is 0.270 e. The molecule has 0 amide bonds. The average Bonchev–Trinajstić information content (AvgIpc) is 2.86. The summed E-state index contributed by atoms with van der Waals surface area (Å²) < 4.78 is 7.35. The number of halogens is 1. The number of hydrogen-bond donors (Lipinski definition) is 0. The van der Waals surface area contributed by atoms with E-state index in [1.807, 2.05) is 6.92 Å². The summed E-state index contributed by atoms with van der Waals surface area (Å²) in [7, 11) is 0. The van der Waals surface area contributed by atoms with E-state index < -0.39 is 4.92 Å². The maximum atomic E-state index is 10.7. The Bertz CT molecular complexity index is 598. The Kier molecular flexibility index (Phi) is 4.01. The van der Waals surface area contributed by atoms with Gasteiger partial charge in [0.05, 0.1) is 23.2 Å². The Morgan fingerprint density at radius 3 is 2.89 bits per heavy atom. The zero-order chi connectivity index (χ0) is 13.8. The van der Waals surface area contributed by atoms with Gasteiger partial charge in [-0.15, -0.1) is 11.6 Å². The normalized spacial score (nSPS) is 10.4. The Hall–Kier alpha value is -2.08. The molecule has 1 aromatic heterocycles. The van der Waals surface area contributed by atoms with Gasteiger partial charge in [-0.3, -0.25) is 14.8 Å². The fourth-order valence-corrected chi connectivity index (χ4v) is 1.79. The van der Waals surface area contributed by atoms with E-state index in [4.69, 9.17) is 16.3 Å². The second-order valence-electron chi connectivity index (χ2n) is 3.82. The van der Waals surface area contributed by atoms with Crippen molar-refractivity contribution in [1.29, 1.82) is 0 Å². The number of nitro groups is 1. The van der Waals surface area contributed by atoms with Crippen molar-refractivity contribution in [2.75, 3.05) is 0 Å². The minimum absolute atomic E-state index is 0.00717. The minimum Gasteiger partial charge on any atom is -0.454 e. The standard InChI is InChI=1S/C12H12ClN3O3/c1-2-15-8-11(7-14-15)19-12-4-3-10(16(17)18)5-9(12)6-13/h3-5,7-8H,2,6H2,1H3. The second-order valence-corrected chi connectivity index (χ2v) is 4.08. The number of aromatic nitrogens is 2. The average molecular weight is 282 g/mol. The first-order chi connectivity index (χ1) is 9.13. The molecule has 2 rings (SSSR count). The van der Waals surface area contributed by atoms with E-state index in [-0.39, 0.29) is 11.6 Å². The van der Waals surface area contributed by atoms with Crippen LogP contribution in [0.4, 0.5) is 5.69 Å². The summed E-state index contributed by atoms with van der Waals surface area (Å²) in [5.41, 5.74) is 0.562. The molecule has 0 aliphatic carbocycles. The summed E-state index contributed by atoms with van der Waals surface area (Å²) in [5, 5.41) is 14.8. The molecule has 0 fully saturated rings. The molecule has 1 aromatic carbocycles. The maximum absolute atomic E-state index is 10.7. The van der Waals surface area contributed by atoms with Gasteiger partial charge in [-0.25, -0.2) is 0 Å². The number of nitrogens with zero attached hydrogens (tertiary/aromatic N) is 3. The van der Waals surface area contributed by atoms with E-state index in [0.29, 0.717) is 17.1 Å². The highest BCUT2D eigenvalue weighted by molar-refractivity contribution is 6.17. The van der Waals surface area contributed by atoms with Crippen molar-refractivity contribution in [2.45, 2.75) is 19.3 Å². The molecule has 7 heteroatoms. The van der Waals surface area contributed by atoms with Crippen LogP contribution >= 0.6 is 11.6 Å². The van der Waals surface area contributed by atoms with Gasteiger partial charge in [-0.1, -0.05) is 0 Å². The minimum atomic E-state index is -0.463. The van der Waals surface area contributed by atoms with Gasteiger partial charge >= 0.3 is 0 Å². The molecule has 6 nitrogen and oxygen atoms in total. The number of hydrogen-bond acceptors (Lipinski definition) is 4. The van der Waals surface area contributed by atoms with E-state index in [9.17, 15) is 10.1 Å². The van der Waals surface area contributed by atoms with Crippen LogP contribution in [0, 0.1) is 10.1 Å². The lowest BCUT2D eigenvalue weighted by atomic mass is 10.2. The van der Waals surface area contributed by atoms with Crippen molar-refractivity contribution in [3.05, 3.63) is 46.3 Å². The number of nitro benzene ring substituents is 1. The van der Waals surface area contributed by atoms with Gasteiger partial charge in [0.15, 0.2) is 5.75 Å². The highest BCUT2D eigenvalue weighted by Gasteiger charge is 2.12. The molecule has 0 unspecified atom stereocenters. The van der Waals surface area contributed by atoms with Crippen molar-refractivity contribution in [3.63, 3.8) is 0 Å². The molecular weight excluding hydrogens is 270 g/mol. The zero-order valence-corrected chi connectivity index (χ0v) is 11.0. The van der Waals surface area contributed by atoms with Crippen molar-refractivity contribution in [1.82, 2.24) is 9.78 Å². The predicted molar refractivity (Wildman–Crippen MR) is 70.6 cm³/mol. The van der Waals surface area contributed by atoms with Crippen LogP contribution in [0.3, 0.4) is 0 Å². The molecule has 0 aliphatic rings. The van der Waals surface area contributed by atoms with E-state index in [1.165, 1.54) is 12.1 Å². The molecule has 0 atom stereocenters. The molecule has 0 N–H and O–H groups in total. The van der Waals surface area contributed by atoms with Gasteiger partial charge in [-0.2, -0.15) is 5.10 Å². The first-order valence-electron chi connectivity index (χ1n) is 5.67. The van der Waals surface area contributed by atoms with E-state index in [0.717, 1.165) is 6.54 Å². The van der Waals surface area contributed by atoms with Gasteiger partial charge in [-0.05, 0) is 13.0 Å². The Morgan fingerprint density at radius 1 is 1.53 bits per heavy atom. The van der Waals surface area contributed by atoms with Crippen LogP contribution in [-0.2, 0) is 12.4 Å². The molecule has 0 saturated heterocycles. The number of alkyl halides is 1. The molecule has 1 heterocycles. The van der Waals surface area contributed by atoms with Gasteiger partial charge < -0.3 is 4.74 Å². The topological polar surface area (TPSA) is 70.2 Å². The molecule has 0 bridgehead atoms. The van der Waals surface area contributed by atoms with Crippen molar-refractivity contribution in [3.8, 4) is 11.5 Å². The molecule has 0 aliphatic heterocycles. The SMILES string of the molecule is CCn1cc(Oc2ccc([N+](=O)[O-])cc2CCl)cn1. The molecule has 0 saturated carbocycles.